The summed E-state index contributed by atoms with van der Waals surface area (Å²) in [5, 5.41) is 8.00. The van der Waals surface area contributed by atoms with Gasteiger partial charge in [-0.15, -0.1) is 0 Å². The van der Waals surface area contributed by atoms with Crippen LogP contribution in [0.4, 0.5) is 5.69 Å². The Balaban J connectivity index is 2.40. The highest BCUT2D eigenvalue weighted by Gasteiger charge is 2.17. The Morgan fingerprint density at radius 3 is 2.17 bits per heavy atom. The lowest BCUT2D eigenvalue weighted by molar-refractivity contribution is 0.102. The number of hydrogen-bond acceptors (Lipinski definition) is 3. The van der Waals surface area contributed by atoms with Crippen molar-refractivity contribution in [1.29, 1.82) is 0 Å². The molecule has 0 aliphatic rings. The topological polar surface area (TPSA) is 89.3 Å². The van der Waals surface area contributed by atoms with E-state index in [1.54, 1.807) is 19.9 Å². The molecule has 2 aromatic rings. The average Bonchev–Trinajstić information content (AvgIpc) is 2.44. The monoisotopic (exact) mass is 332 g/mol. The Morgan fingerprint density at radius 2 is 1.61 bits per heavy atom. The summed E-state index contributed by atoms with van der Waals surface area (Å²) in [4.78, 5) is 12.4. The van der Waals surface area contributed by atoms with E-state index in [1.165, 1.54) is 6.07 Å². The van der Waals surface area contributed by atoms with Gasteiger partial charge in [-0.25, -0.2) is 13.6 Å². The standard InChI is InChI=1S/C17H20N2O3S/c1-10-5-6-15(8-11(10)2)19-17(20)14-7-12(3)13(4)16(9-14)23(18,21)22/h5-9H,1-4H3,(H,19,20)(H2,18,21,22). The quantitative estimate of drug-likeness (QED) is 0.905. The SMILES string of the molecule is Cc1ccc(NC(=O)c2cc(C)c(C)c(S(N)(=O)=O)c2)cc1C. The van der Waals surface area contributed by atoms with Crippen LogP contribution < -0.4 is 10.5 Å². The number of carbonyl (C=O) groups excluding carboxylic acids is 1. The van der Waals surface area contributed by atoms with E-state index in [2.05, 4.69) is 5.32 Å². The van der Waals surface area contributed by atoms with E-state index in [1.807, 2.05) is 32.0 Å². The van der Waals surface area contributed by atoms with Gasteiger partial charge in [0, 0.05) is 11.3 Å². The van der Waals surface area contributed by atoms with E-state index in [0.29, 0.717) is 16.8 Å². The molecule has 0 aromatic heterocycles. The van der Waals surface area contributed by atoms with Gasteiger partial charge in [-0.3, -0.25) is 4.79 Å². The minimum Gasteiger partial charge on any atom is -0.322 e. The average molecular weight is 332 g/mol. The number of amides is 1. The van der Waals surface area contributed by atoms with Gasteiger partial charge in [0.1, 0.15) is 0 Å². The maximum absolute atomic E-state index is 12.4. The summed E-state index contributed by atoms with van der Waals surface area (Å²) in [6.45, 7) is 7.36. The van der Waals surface area contributed by atoms with Crippen LogP contribution in [-0.4, -0.2) is 14.3 Å². The number of primary sulfonamides is 1. The number of nitrogens with two attached hydrogens (primary N) is 1. The number of rotatable bonds is 3. The number of anilines is 1. The lowest BCUT2D eigenvalue weighted by Crippen LogP contribution is -2.18. The lowest BCUT2D eigenvalue weighted by Gasteiger charge is -2.12. The Hall–Kier alpha value is -2.18. The molecule has 0 radical (unpaired) electrons. The second-order valence-corrected chi connectivity index (χ2v) is 7.24. The molecule has 3 N–H and O–H groups in total. The molecule has 0 aliphatic heterocycles. The van der Waals surface area contributed by atoms with Crippen molar-refractivity contribution in [1.82, 2.24) is 0 Å². The maximum Gasteiger partial charge on any atom is 0.255 e. The molecule has 0 saturated heterocycles. The van der Waals surface area contributed by atoms with Crippen LogP contribution in [0.2, 0.25) is 0 Å². The zero-order valence-electron chi connectivity index (χ0n) is 13.6. The number of sulfonamides is 1. The van der Waals surface area contributed by atoms with E-state index < -0.39 is 10.0 Å². The molecule has 2 rings (SSSR count). The predicted molar refractivity (Wildman–Crippen MR) is 91.2 cm³/mol. The first-order chi connectivity index (χ1) is 10.6. The minimum absolute atomic E-state index is 0.0252. The van der Waals surface area contributed by atoms with Crippen LogP contribution in [-0.2, 0) is 10.0 Å². The van der Waals surface area contributed by atoms with Crippen LogP contribution in [0, 0.1) is 27.7 Å². The van der Waals surface area contributed by atoms with Gasteiger partial charge in [0.2, 0.25) is 10.0 Å². The third kappa shape index (κ3) is 3.78. The van der Waals surface area contributed by atoms with E-state index >= 15 is 0 Å². The first-order valence-corrected chi connectivity index (χ1v) is 8.67. The second-order valence-electron chi connectivity index (χ2n) is 5.71. The van der Waals surface area contributed by atoms with Crippen LogP contribution in [0.15, 0.2) is 35.2 Å². The molecular weight excluding hydrogens is 312 g/mol. The second kappa shape index (κ2) is 6.14. The fourth-order valence-electron chi connectivity index (χ4n) is 2.28. The van der Waals surface area contributed by atoms with Gasteiger partial charge in [0.25, 0.3) is 5.91 Å². The third-order valence-corrected chi connectivity index (χ3v) is 4.99. The van der Waals surface area contributed by atoms with Crippen molar-refractivity contribution in [2.75, 3.05) is 5.32 Å². The van der Waals surface area contributed by atoms with Gasteiger partial charge in [0.15, 0.2) is 0 Å². The lowest BCUT2D eigenvalue weighted by atomic mass is 10.1. The molecular formula is C17H20N2O3S. The highest BCUT2D eigenvalue weighted by atomic mass is 32.2. The number of benzene rings is 2. The number of hydrogen-bond donors (Lipinski definition) is 2. The van der Waals surface area contributed by atoms with Crippen molar-refractivity contribution >= 4 is 21.6 Å². The van der Waals surface area contributed by atoms with E-state index in [-0.39, 0.29) is 16.4 Å². The van der Waals surface area contributed by atoms with Crippen molar-refractivity contribution in [3.8, 4) is 0 Å². The molecule has 5 nitrogen and oxygen atoms in total. The van der Waals surface area contributed by atoms with Gasteiger partial charge in [0.05, 0.1) is 4.90 Å². The van der Waals surface area contributed by atoms with Crippen molar-refractivity contribution in [2.24, 2.45) is 5.14 Å². The molecule has 1 amide bonds. The highest BCUT2D eigenvalue weighted by molar-refractivity contribution is 7.89. The Kier molecular flexibility index (Phi) is 4.58. The van der Waals surface area contributed by atoms with Gasteiger partial charge in [-0.05, 0) is 74.2 Å². The maximum atomic E-state index is 12.4. The zero-order chi connectivity index (χ0) is 17.4. The zero-order valence-corrected chi connectivity index (χ0v) is 14.4. The molecule has 2 aromatic carbocycles. The van der Waals surface area contributed by atoms with Crippen LogP contribution in [0.5, 0.6) is 0 Å². The number of nitrogens with one attached hydrogen (secondary N) is 1. The van der Waals surface area contributed by atoms with Gasteiger partial charge in [-0.1, -0.05) is 6.07 Å². The fourth-order valence-corrected chi connectivity index (χ4v) is 3.16. The molecule has 23 heavy (non-hydrogen) atoms. The molecule has 0 heterocycles. The molecule has 0 saturated carbocycles. The van der Waals surface area contributed by atoms with E-state index in [4.69, 9.17) is 5.14 Å². The molecule has 122 valence electrons. The van der Waals surface area contributed by atoms with Crippen LogP contribution >= 0.6 is 0 Å². The molecule has 0 unspecified atom stereocenters. The summed E-state index contributed by atoms with van der Waals surface area (Å²) in [5.41, 5.74) is 4.36. The Morgan fingerprint density at radius 1 is 0.957 bits per heavy atom. The predicted octanol–water partition coefficient (Wildman–Crippen LogP) is 2.82. The first-order valence-electron chi connectivity index (χ1n) is 7.12. The van der Waals surface area contributed by atoms with Crippen molar-refractivity contribution < 1.29 is 13.2 Å². The highest BCUT2D eigenvalue weighted by Crippen LogP contribution is 2.21. The van der Waals surface area contributed by atoms with E-state index in [9.17, 15) is 13.2 Å². The van der Waals surface area contributed by atoms with Crippen LogP contribution in [0.25, 0.3) is 0 Å². The summed E-state index contributed by atoms with van der Waals surface area (Å²) < 4.78 is 23.3. The minimum atomic E-state index is -3.88. The molecule has 0 aliphatic carbocycles. The van der Waals surface area contributed by atoms with Crippen molar-refractivity contribution in [2.45, 2.75) is 32.6 Å². The van der Waals surface area contributed by atoms with Crippen LogP contribution in [0.3, 0.4) is 0 Å². The first kappa shape index (κ1) is 17.2. The third-order valence-electron chi connectivity index (χ3n) is 3.95. The molecule has 0 fully saturated rings. The molecule has 0 atom stereocenters. The van der Waals surface area contributed by atoms with E-state index in [0.717, 1.165) is 11.1 Å². The Bertz CT molecular complexity index is 887. The summed E-state index contributed by atoms with van der Waals surface area (Å²) in [5.74, 6) is -0.374. The number of aryl methyl sites for hydroxylation is 3. The summed E-state index contributed by atoms with van der Waals surface area (Å²) in [6, 6.07) is 8.56. The molecule has 0 bridgehead atoms. The van der Waals surface area contributed by atoms with Gasteiger partial charge >= 0.3 is 0 Å². The summed E-state index contributed by atoms with van der Waals surface area (Å²) >= 11 is 0. The smallest absolute Gasteiger partial charge is 0.255 e. The van der Waals surface area contributed by atoms with Gasteiger partial charge < -0.3 is 5.32 Å². The Labute approximate surface area is 136 Å². The largest absolute Gasteiger partial charge is 0.322 e. The molecule has 6 heteroatoms. The summed E-state index contributed by atoms with van der Waals surface area (Å²) in [7, 11) is -3.88. The van der Waals surface area contributed by atoms with Crippen molar-refractivity contribution in [3.05, 3.63) is 58.1 Å². The summed E-state index contributed by atoms with van der Waals surface area (Å²) in [6.07, 6.45) is 0. The van der Waals surface area contributed by atoms with Gasteiger partial charge in [-0.2, -0.15) is 0 Å². The number of carbonyl (C=O) groups is 1. The fraction of sp³-hybridized carbons (Fsp3) is 0.235. The van der Waals surface area contributed by atoms with Crippen molar-refractivity contribution in [3.63, 3.8) is 0 Å². The normalized spacial score (nSPS) is 11.3. The van der Waals surface area contributed by atoms with Crippen LogP contribution in [0.1, 0.15) is 32.6 Å². The molecule has 0 spiro atoms.